The number of ether oxygens (including phenoxy) is 4. The maximum absolute atomic E-state index is 12.0. The number of carbonyl (C=O) groups is 3. The number of Topliss-reactive ketones (excluding diaryl/α,β-unsaturated/α-hetero) is 1. The Balaban J connectivity index is 0.000000270. The number of halogens is 2. The van der Waals surface area contributed by atoms with E-state index in [2.05, 4.69) is 63.4 Å². The van der Waals surface area contributed by atoms with Gasteiger partial charge < -0.3 is 24.1 Å². The van der Waals surface area contributed by atoms with Gasteiger partial charge in [-0.25, -0.2) is 0 Å². The van der Waals surface area contributed by atoms with Gasteiger partial charge in [-0.1, -0.05) is 47.2 Å². The van der Waals surface area contributed by atoms with E-state index in [1.54, 1.807) is 0 Å². The van der Waals surface area contributed by atoms with Crippen molar-refractivity contribution in [2.45, 2.75) is 96.0 Å². The summed E-state index contributed by atoms with van der Waals surface area (Å²) in [6, 6.07) is 12.2. The maximum Gasteiger partial charge on any atom is 1.00 e. The Hall–Kier alpha value is -0.865. The summed E-state index contributed by atoms with van der Waals surface area (Å²) in [6.45, 7) is 4.42. The molecule has 4 fully saturated rings. The number of esters is 2. The molecule has 4 saturated carbocycles. The summed E-state index contributed by atoms with van der Waals surface area (Å²) >= 11 is 4.53. The van der Waals surface area contributed by atoms with E-state index in [-0.39, 0.29) is 98.0 Å². The van der Waals surface area contributed by atoms with E-state index in [1.807, 2.05) is 32.0 Å². The summed E-state index contributed by atoms with van der Waals surface area (Å²) < 4.78 is 23.5. The molecule has 4 aliphatic rings. The van der Waals surface area contributed by atoms with E-state index in [0.717, 1.165) is 69.1 Å². The number of hydrogen-bond acceptors (Lipinski definition) is 8. The molecule has 2 aromatic carbocycles. The molecule has 1 unspecified atom stereocenters. The first-order chi connectivity index (χ1) is 24.0. The van der Waals surface area contributed by atoms with Gasteiger partial charge in [-0.05, 0) is 162 Å². The monoisotopic (exact) mass is 952 g/mol. The number of rotatable bonds is 16. The van der Waals surface area contributed by atoms with Gasteiger partial charge in [0.2, 0.25) is 0 Å². The SMILES string of the molecule is COC(=O)[C@@H](C)[C@H](c1ccc(OCC(=O)C2CCC2)c(I)c1)C1CC1.COC(=O)[C@@H](C)[C@H](c1ccc(OCC(O)C2CCC2)c(I)c1)C1CC1.[BH4-].[Na+]. The number of aliphatic hydroxyl groups excluding tert-OH is 1. The molecule has 0 aliphatic heterocycles. The summed E-state index contributed by atoms with van der Waals surface area (Å²) in [6.07, 6.45) is 10.9. The molecule has 5 atom stereocenters. The largest absolute Gasteiger partial charge is 1.00 e. The van der Waals surface area contributed by atoms with E-state index in [4.69, 9.17) is 18.9 Å². The predicted octanol–water partition coefficient (Wildman–Crippen LogP) is 4.03. The third-order valence-electron chi connectivity index (χ3n) is 11.2. The molecule has 0 bridgehead atoms. The van der Waals surface area contributed by atoms with E-state index in [1.165, 1.54) is 39.0 Å². The van der Waals surface area contributed by atoms with Gasteiger partial charge in [0.25, 0.3) is 0 Å². The van der Waals surface area contributed by atoms with Crippen LogP contribution < -0.4 is 39.0 Å². The third-order valence-corrected chi connectivity index (χ3v) is 12.9. The minimum absolute atomic E-state index is 0. The number of benzene rings is 2. The van der Waals surface area contributed by atoms with Crippen molar-refractivity contribution in [2.75, 3.05) is 27.4 Å². The number of aliphatic hydroxyl groups is 1. The van der Waals surface area contributed by atoms with Crippen LogP contribution in [-0.2, 0) is 23.9 Å². The molecule has 0 saturated heterocycles. The van der Waals surface area contributed by atoms with Crippen LogP contribution >= 0.6 is 45.2 Å². The topological polar surface area (TPSA) is 108 Å². The molecule has 282 valence electrons. The Morgan fingerprint density at radius 1 is 0.712 bits per heavy atom. The van der Waals surface area contributed by atoms with Crippen LogP contribution in [0.3, 0.4) is 0 Å². The van der Waals surface area contributed by atoms with Crippen LogP contribution in [-0.4, -0.2) is 64.8 Å². The zero-order chi connectivity index (χ0) is 35.9. The van der Waals surface area contributed by atoms with Crippen molar-refractivity contribution in [1.29, 1.82) is 0 Å². The summed E-state index contributed by atoms with van der Waals surface area (Å²) in [5.41, 5.74) is 2.33. The first kappa shape index (κ1) is 45.5. The Kier molecular flexibility index (Phi) is 18.8. The molecule has 12 heteroatoms. The molecule has 0 heterocycles. The number of methoxy groups -OCH3 is 2. The van der Waals surface area contributed by atoms with Crippen LogP contribution in [0.4, 0.5) is 0 Å². The second-order valence-electron chi connectivity index (χ2n) is 14.7. The smallest absolute Gasteiger partial charge is 0.490 e. The minimum atomic E-state index is -0.372. The predicted molar refractivity (Wildman–Crippen MR) is 220 cm³/mol. The summed E-state index contributed by atoms with van der Waals surface area (Å²) in [4.78, 5) is 36.0. The number of hydrogen-bond donors (Lipinski definition) is 1. The van der Waals surface area contributed by atoms with E-state index < -0.39 is 0 Å². The van der Waals surface area contributed by atoms with E-state index in [9.17, 15) is 19.5 Å². The molecule has 8 nitrogen and oxygen atoms in total. The first-order valence-corrected chi connectivity index (χ1v) is 20.4. The molecule has 52 heavy (non-hydrogen) atoms. The van der Waals surface area contributed by atoms with Gasteiger partial charge >= 0.3 is 41.5 Å². The number of carbonyl (C=O) groups excluding carboxylic acids is 3. The van der Waals surface area contributed by atoms with Crippen molar-refractivity contribution in [3.63, 3.8) is 0 Å². The molecule has 0 radical (unpaired) electrons. The average molecular weight is 952 g/mol. The third kappa shape index (κ3) is 12.1. The molecule has 2 aromatic rings. The molecule has 1 N–H and O–H groups in total. The van der Waals surface area contributed by atoms with Gasteiger partial charge in [-0.3, -0.25) is 14.4 Å². The van der Waals surface area contributed by atoms with Crippen molar-refractivity contribution in [3.05, 3.63) is 54.7 Å². The summed E-state index contributed by atoms with van der Waals surface area (Å²) in [5.74, 6) is 3.29. The second-order valence-corrected chi connectivity index (χ2v) is 17.0. The zero-order valence-electron chi connectivity index (χ0n) is 30.7. The Labute approximate surface area is 361 Å². The van der Waals surface area contributed by atoms with Crippen molar-refractivity contribution in [3.8, 4) is 11.5 Å². The average Bonchev–Trinajstić information content (AvgIpc) is 3.98. The van der Waals surface area contributed by atoms with Crippen molar-refractivity contribution in [1.82, 2.24) is 0 Å². The van der Waals surface area contributed by atoms with Gasteiger partial charge in [-0.15, -0.1) is 0 Å². The summed E-state index contributed by atoms with van der Waals surface area (Å²) in [5, 5.41) is 10.1. The first-order valence-electron chi connectivity index (χ1n) is 18.2. The van der Waals surface area contributed by atoms with Crippen LogP contribution in [0.15, 0.2) is 36.4 Å². The quantitative estimate of drug-likeness (QED) is 0.153. The van der Waals surface area contributed by atoms with Crippen LogP contribution in [0.1, 0.15) is 101 Å². The van der Waals surface area contributed by atoms with Crippen LogP contribution in [0.2, 0.25) is 0 Å². The minimum Gasteiger partial charge on any atom is -0.490 e. The molecular weight excluding hydrogens is 896 g/mol. The van der Waals surface area contributed by atoms with E-state index in [0.29, 0.717) is 24.4 Å². The zero-order valence-corrected chi connectivity index (χ0v) is 37.0. The normalized spacial score (nSPS) is 19.6. The molecule has 0 aromatic heterocycles. The van der Waals surface area contributed by atoms with Crippen molar-refractivity contribution >= 4 is 71.3 Å². The summed E-state index contributed by atoms with van der Waals surface area (Å²) in [7, 11) is 2.90. The van der Waals surface area contributed by atoms with Crippen LogP contribution in [0, 0.1) is 42.6 Å². The fourth-order valence-corrected chi connectivity index (χ4v) is 8.72. The molecule has 0 spiro atoms. The van der Waals surface area contributed by atoms with Crippen molar-refractivity contribution in [2.24, 2.45) is 35.5 Å². The van der Waals surface area contributed by atoms with E-state index >= 15 is 0 Å². The van der Waals surface area contributed by atoms with Crippen molar-refractivity contribution < 1.29 is 68.0 Å². The van der Waals surface area contributed by atoms with Crippen LogP contribution in [0.25, 0.3) is 0 Å². The Morgan fingerprint density at radius 3 is 1.50 bits per heavy atom. The Morgan fingerprint density at radius 2 is 1.15 bits per heavy atom. The van der Waals surface area contributed by atoms with Gasteiger partial charge in [0, 0.05) is 5.92 Å². The van der Waals surface area contributed by atoms with Gasteiger partial charge in [0.05, 0.1) is 39.3 Å². The number of ketones is 1. The molecule has 6 rings (SSSR count). The Bertz CT molecular complexity index is 1490. The molecular formula is C40H56BI2NaO8. The molecule has 0 amide bonds. The fourth-order valence-electron chi connectivity index (χ4n) is 7.33. The van der Waals surface area contributed by atoms with Gasteiger partial charge in [-0.2, -0.15) is 0 Å². The second kappa shape index (κ2) is 21.4. The maximum atomic E-state index is 12.0. The van der Waals surface area contributed by atoms with Gasteiger partial charge in [0.15, 0.2) is 5.78 Å². The molecule has 4 aliphatic carbocycles. The van der Waals surface area contributed by atoms with Gasteiger partial charge in [0.1, 0.15) is 24.7 Å². The van der Waals surface area contributed by atoms with Crippen LogP contribution in [0.5, 0.6) is 11.5 Å². The fraction of sp³-hybridized carbons (Fsp3) is 0.625. The standard InChI is InChI=1S/C20H27IO4.C20H25IO4.BH4.Na/c2*1-12(20(23)24-2)19(14-6-7-14)15-8-9-18(16(21)10-15)25-11-17(22)13-4-3-5-13;;/h8-10,12-14,17,19,22H,3-7,11H2,1-2H3;8-10,12-14,19H,3-7,11H2,1-2H3;1H4;/q;;-1;+1/t12-,17?,19-;12-,19-;;/m00../s1.